The second kappa shape index (κ2) is 11.1. The van der Waals surface area contributed by atoms with E-state index in [0.29, 0.717) is 31.5 Å². The highest BCUT2D eigenvalue weighted by Gasteiger charge is 2.26. The lowest BCUT2D eigenvalue weighted by Crippen LogP contribution is -2.47. The topological polar surface area (TPSA) is 105 Å². The number of guanidine groups is 1. The molecule has 30 heavy (non-hydrogen) atoms. The van der Waals surface area contributed by atoms with Crippen molar-refractivity contribution in [2.45, 2.75) is 65.0 Å². The fraction of sp³-hybridized carbons (Fsp3) is 0.842. The standard InChI is InChI=1S/C19H35N7O2S.HI/c1-5-20-19(21-12-15-8-10-25(11-9-15)29(4,27)28)22-16-6-7-17-23-18(14(2)3)24-26(17)13-16;/h14-16H,5-13H2,1-4H3,(H2,20,21,22);1H. The Morgan fingerprint density at radius 3 is 2.57 bits per heavy atom. The Morgan fingerprint density at radius 1 is 1.27 bits per heavy atom. The molecule has 0 bridgehead atoms. The Kier molecular flexibility index (Phi) is 9.34. The van der Waals surface area contributed by atoms with Gasteiger partial charge in [-0.2, -0.15) is 5.10 Å². The fourth-order valence-electron chi connectivity index (χ4n) is 3.85. The summed E-state index contributed by atoms with van der Waals surface area (Å²) in [5, 5.41) is 11.5. The highest BCUT2D eigenvalue weighted by Crippen LogP contribution is 2.20. The maximum atomic E-state index is 11.7. The number of sulfonamides is 1. The van der Waals surface area contributed by atoms with Crippen LogP contribution in [0, 0.1) is 5.92 Å². The van der Waals surface area contributed by atoms with Gasteiger partial charge >= 0.3 is 0 Å². The minimum Gasteiger partial charge on any atom is -0.357 e. The Bertz CT molecular complexity index is 817. The molecular weight excluding hydrogens is 517 g/mol. The lowest BCUT2D eigenvalue weighted by atomic mass is 9.98. The molecule has 0 aliphatic carbocycles. The van der Waals surface area contributed by atoms with Gasteiger partial charge in [-0.1, -0.05) is 13.8 Å². The molecule has 0 amide bonds. The summed E-state index contributed by atoms with van der Waals surface area (Å²) in [5.41, 5.74) is 0. The van der Waals surface area contributed by atoms with E-state index in [1.54, 1.807) is 4.31 Å². The van der Waals surface area contributed by atoms with Gasteiger partial charge in [-0.15, -0.1) is 24.0 Å². The summed E-state index contributed by atoms with van der Waals surface area (Å²) in [5.74, 6) is 3.58. The van der Waals surface area contributed by atoms with Gasteiger partial charge in [-0.25, -0.2) is 22.4 Å². The first-order chi connectivity index (χ1) is 13.8. The number of halogens is 1. The monoisotopic (exact) mass is 553 g/mol. The molecule has 1 fully saturated rings. The minimum atomic E-state index is -3.08. The number of nitrogens with zero attached hydrogens (tertiary/aromatic N) is 5. The van der Waals surface area contributed by atoms with Crippen LogP contribution in [0.3, 0.4) is 0 Å². The highest BCUT2D eigenvalue weighted by atomic mass is 127. The van der Waals surface area contributed by atoms with Gasteiger partial charge < -0.3 is 10.6 Å². The van der Waals surface area contributed by atoms with E-state index < -0.39 is 10.0 Å². The smallest absolute Gasteiger partial charge is 0.211 e. The van der Waals surface area contributed by atoms with Crippen molar-refractivity contribution < 1.29 is 8.42 Å². The summed E-state index contributed by atoms with van der Waals surface area (Å²) in [4.78, 5) is 9.44. The van der Waals surface area contributed by atoms with Crippen LogP contribution in [-0.4, -0.2) is 71.9 Å². The van der Waals surface area contributed by atoms with Crippen LogP contribution in [0.4, 0.5) is 0 Å². The van der Waals surface area contributed by atoms with Gasteiger partial charge in [-0.05, 0) is 32.1 Å². The third kappa shape index (κ3) is 6.78. The van der Waals surface area contributed by atoms with E-state index in [0.717, 1.165) is 56.4 Å². The zero-order valence-electron chi connectivity index (χ0n) is 18.5. The van der Waals surface area contributed by atoms with Gasteiger partial charge in [0.05, 0.1) is 12.8 Å². The summed E-state index contributed by atoms with van der Waals surface area (Å²) in [6.45, 7) is 9.81. The zero-order valence-corrected chi connectivity index (χ0v) is 21.6. The lowest BCUT2D eigenvalue weighted by molar-refractivity contribution is 0.280. The van der Waals surface area contributed by atoms with E-state index in [2.05, 4.69) is 41.5 Å². The molecule has 0 aromatic carbocycles. The molecule has 1 unspecified atom stereocenters. The van der Waals surface area contributed by atoms with Crippen LogP contribution in [0.5, 0.6) is 0 Å². The molecule has 1 aromatic heterocycles. The van der Waals surface area contributed by atoms with Gasteiger partial charge in [0.25, 0.3) is 0 Å². The maximum Gasteiger partial charge on any atom is 0.211 e. The average Bonchev–Trinajstić information content (AvgIpc) is 3.10. The van der Waals surface area contributed by atoms with Crippen LogP contribution in [-0.2, 0) is 23.0 Å². The molecule has 0 saturated carbocycles. The number of hydrogen-bond donors (Lipinski definition) is 2. The highest BCUT2D eigenvalue weighted by molar-refractivity contribution is 14.0. The second-order valence-electron chi connectivity index (χ2n) is 8.43. The predicted octanol–water partition coefficient (Wildman–Crippen LogP) is 1.56. The Hall–Kier alpha value is -0.950. The fourth-order valence-corrected chi connectivity index (χ4v) is 4.72. The van der Waals surface area contributed by atoms with Crippen molar-refractivity contribution in [3.8, 4) is 0 Å². The number of piperidine rings is 1. The number of aryl methyl sites for hydroxylation is 1. The van der Waals surface area contributed by atoms with Gasteiger partial charge in [0.2, 0.25) is 10.0 Å². The molecule has 11 heteroatoms. The van der Waals surface area contributed by atoms with Crippen molar-refractivity contribution in [1.29, 1.82) is 0 Å². The lowest BCUT2D eigenvalue weighted by Gasteiger charge is -2.30. The Morgan fingerprint density at radius 2 is 1.97 bits per heavy atom. The Balaban J connectivity index is 0.00000320. The van der Waals surface area contributed by atoms with Gasteiger partial charge in [0.15, 0.2) is 11.8 Å². The number of nitrogens with one attached hydrogen (secondary N) is 2. The van der Waals surface area contributed by atoms with Crippen molar-refractivity contribution in [3.05, 3.63) is 11.6 Å². The van der Waals surface area contributed by atoms with E-state index in [1.165, 1.54) is 6.26 Å². The largest absolute Gasteiger partial charge is 0.357 e. The SMILES string of the molecule is CCNC(=NCC1CCN(S(C)(=O)=O)CC1)NC1CCc2nc(C(C)C)nn2C1.I. The molecule has 1 aromatic rings. The van der Waals surface area contributed by atoms with Crippen LogP contribution in [0.1, 0.15) is 57.6 Å². The van der Waals surface area contributed by atoms with Crippen LogP contribution in [0.2, 0.25) is 0 Å². The summed E-state index contributed by atoms with van der Waals surface area (Å²) in [6, 6.07) is 0.272. The van der Waals surface area contributed by atoms with Crippen LogP contribution in [0.25, 0.3) is 0 Å². The maximum absolute atomic E-state index is 11.7. The summed E-state index contributed by atoms with van der Waals surface area (Å²) in [7, 11) is -3.08. The molecule has 2 aliphatic rings. The molecule has 0 spiro atoms. The second-order valence-corrected chi connectivity index (χ2v) is 10.4. The van der Waals surface area contributed by atoms with Gasteiger partial charge in [-0.3, -0.25) is 4.99 Å². The normalized spacial score (nSPS) is 21.2. The van der Waals surface area contributed by atoms with E-state index in [1.807, 2.05) is 4.68 Å². The minimum absolute atomic E-state index is 0. The summed E-state index contributed by atoms with van der Waals surface area (Å²) >= 11 is 0. The molecule has 3 rings (SSSR count). The van der Waals surface area contributed by atoms with Crippen molar-refractivity contribution in [2.75, 3.05) is 32.4 Å². The van der Waals surface area contributed by atoms with E-state index in [4.69, 9.17) is 4.99 Å². The van der Waals surface area contributed by atoms with Gasteiger partial charge in [0, 0.05) is 44.6 Å². The third-order valence-corrected chi connectivity index (χ3v) is 6.93. The van der Waals surface area contributed by atoms with Crippen LogP contribution < -0.4 is 10.6 Å². The van der Waals surface area contributed by atoms with Gasteiger partial charge in [0.1, 0.15) is 5.82 Å². The average molecular weight is 554 g/mol. The van der Waals surface area contributed by atoms with E-state index in [-0.39, 0.29) is 30.0 Å². The number of rotatable bonds is 6. The van der Waals surface area contributed by atoms with Crippen LogP contribution in [0.15, 0.2) is 4.99 Å². The molecule has 172 valence electrons. The van der Waals surface area contributed by atoms with Crippen molar-refractivity contribution in [2.24, 2.45) is 10.9 Å². The number of aromatic nitrogens is 3. The van der Waals surface area contributed by atoms with Crippen molar-refractivity contribution in [1.82, 2.24) is 29.7 Å². The first-order valence-corrected chi connectivity index (χ1v) is 12.5. The molecule has 0 radical (unpaired) electrons. The molecule has 9 nitrogen and oxygen atoms in total. The number of hydrogen-bond acceptors (Lipinski definition) is 5. The van der Waals surface area contributed by atoms with Crippen LogP contribution >= 0.6 is 24.0 Å². The molecule has 2 N–H and O–H groups in total. The molecule has 1 atom stereocenters. The zero-order chi connectivity index (χ0) is 21.0. The molecule has 3 heterocycles. The number of aliphatic imine (C=N–C) groups is 1. The summed E-state index contributed by atoms with van der Waals surface area (Å²) in [6.07, 6.45) is 4.93. The first-order valence-electron chi connectivity index (χ1n) is 10.7. The molecule has 1 saturated heterocycles. The first kappa shape index (κ1) is 25.3. The molecule has 2 aliphatic heterocycles. The Labute approximate surface area is 197 Å². The predicted molar refractivity (Wildman–Crippen MR) is 130 cm³/mol. The molecular formula is C19H36IN7O2S. The quantitative estimate of drug-likeness (QED) is 0.315. The third-order valence-electron chi connectivity index (χ3n) is 5.63. The summed E-state index contributed by atoms with van der Waals surface area (Å²) < 4.78 is 26.9. The van der Waals surface area contributed by atoms with Crippen molar-refractivity contribution in [3.63, 3.8) is 0 Å². The van der Waals surface area contributed by atoms with Crippen molar-refractivity contribution >= 4 is 40.0 Å². The van der Waals surface area contributed by atoms with E-state index >= 15 is 0 Å². The number of fused-ring (bicyclic) bond motifs is 1. The van der Waals surface area contributed by atoms with E-state index in [9.17, 15) is 8.42 Å².